The molecule has 5 rings (SSSR count). The molecule has 0 saturated carbocycles. The number of morpholine rings is 1. The van der Waals surface area contributed by atoms with Crippen LogP contribution < -0.4 is 9.64 Å². The monoisotopic (exact) mass is 438 g/mol. The molecule has 0 spiro atoms. The molecule has 1 aliphatic rings. The summed E-state index contributed by atoms with van der Waals surface area (Å²) in [6.07, 6.45) is 1.81. The van der Waals surface area contributed by atoms with Crippen LogP contribution in [0.3, 0.4) is 0 Å². The number of benzene rings is 2. The maximum atomic E-state index is 9.63. The molecule has 1 aliphatic heterocycles. The van der Waals surface area contributed by atoms with E-state index in [0.29, 0.717) is 11.3 Å². The Hall–Kier alpha value is -3.82. The number of aromatic amines is 1. The Balaban J connectivity index is 1.48. The molecule has 0 atom stereocenters. The minimum atomic E-state index is 0.0115. The highest BCUT2D eigenvalue weighted by Crippen LogP contribution is 2.34. The normalized spacial score (nSPS) is 13.9. The number of hydrogen-bond donors (Lipinski definition) is 1. The average molecular weight is 439 g/mol. The second-order valence-corrected chi connectivity index (χ2v) is 8.44. The SMILES string of the molecule is CC(C)Oc1ccc(-c2ccnc3[nH]c(-c4ccc(N5CCOCC5)cc4)cc23)cc1C#N. The van der Waals surface area contributed by atoms with Crippen LogP contribution in [0.2, 0.25) is 0 Å². The van der Waals surface area contributed by atoms with Crippen molar-refractivity contribution in [1.82, 2.24) is 9.97 Å². The highest BCUT2D eigenvalue weighted by Gasteiger charge is 2.14. The quantitative estimate of drug-likeness (QED) is 0.452. The first-order chi connectivity index (χ1) is 16.1. The highest BCUT2D eigenvalue weighted by molar-refractivity contribution is 5.96. The predicted molar refractivity (Wildman–Crippen MR) is 130 cm³/mol. The lowest BCUT2D eigenvalue weighted by molar-refractivity contribution is 0.122. The summed E-state index contributed by atoms with van der Waals surface area (Å²) in [5.74, 6) is 0.608. The van der Waals surface area contributed by atoms with Crippen LogP contribution in [-0.4, -0.2) is 42.4 Å². The Bertz CT molecular complexity index is 1310. The number of fused-ring (bicyclic) bond motifs is 1. The van der Waals surface area contributed by atoms with Crippen molar-refractivity contribution in [1.29, 1.82) is 5.26 Å². The molecular formula is C27H26N4O2. The summed E-state index contributed by atoms with van der Waals surface area (Å²) in [6.45, 7) is 7.30. The fraction of sp³-hybridized carbons (Fsp3) is 0.259. The van der Waals surface area contributed by atoms with Crippen LogP contribution in [0.15, 0.2) is 60.8 Å². The number of nitrogens with one attached hydrogen (secondary N) is 1. The van der Waals surface area contributed by atoms with Crippen LogP contribution in [0.5, 0.6) is 5.75 Å². The first-order valence-corrected chi connectivity index (χ1v) is 11.2. The first-order valence-electron chi connectivity index (χ1n) is 11.2. The molecule has 2 aromatic carbocycles. The molecule has 2 aromatic heterocycles. The smallest absolute Gasteiger partial charge is 0.138 e. The topological polar surface area (TPSA) is 74.2 Å². The van der Waals surface area contributed by atoms with E-state index >= 15 is 0 Å². The zero-order valence-corrected chi connectivity index (χ0v) is 18.8. The summed E-state index contributed by atoms with van der Waals surface area (Å²) in [6, 6.07) is 20.7. The number of anilines is 1. The van der Waals surface area contributed by atoms with E-state index in [1.807, 2.05) is 38.1 Å². The molecule has 0 bridgehead atoms. The van der Waals surface area contributed by atoms with Gasteiger partial charge in [0.15, 0.2) is 0 Å². The number of pyridine rings is 1. The maximum absolute atomic E-state index is 9.63. The van der Waals surface area contributed by atoms with E-state index in [9.17, 15) is 5.26 Å². The Labute approximate surface area is 193 Å². The average Bonchev–Trinajstić information content (AvgIpc) is 3.29. The Morgan fingerprint density at radius 1 is 1.03 bits per heavy atom. The van der Waals surface area contributed by atoms with E-state index in [1.54, 1.807) is 6.20 Å². The number of nitriles is 1. The maximum Gasteiger partial charge on any atom is 0.138 e. The van der Waals surface area contributed by atoms with Crippen LogP contribution in [0, 0.1) is 11.3 Å². The second-order valence-electron chi connectivity index (χ2n) is 8.44. The van der Waals surface area contributed by atoms with Crippen LogP contribution in [0.25, 0.3) is 33.4 Å². The molecule has 0 unspecified atom stereocenters. The molecule has 0 radical (unpaired) electrons. The fourth-order valence-corrected chi connectivity index (χ4v) is 4.25. The molecule has 1 saturated heterocycles. The molecule has 1 N–H and O–H groups in total. The number of nitrogens with zero attached hydrogens (tertiary/aromatic N) is 3. The Morgan fingerprint density at radius 3 is 2.52 bits per heavy atom. The standard InChI is InChI=1S/C27H26N4O2/c1-18(2)33-26-8-5-20(15-21(26)17-28)23-9-10-29-27-24(23)16-25(30-27)19-3-6-22(7-4-19)31-11-13-32-14-12-31/h3-10,15-16,18H,11-14H2,1-2H3,(H,29,30). The zero-order chi connectivity index (χ0) is 22.8. The molecule has 4 aromatic rings. The van der Waals surface area contributed by atoms with Crippen molar-refractivity contribution in [3.05, 3.63) is 66.4 Å². The van der Waals surface area contributed by atoms with Gasteiger partial charge in [-0.15, -0.1) is 0 Å². The molecular weight excluding hydrogens is 412 g/mol. The number of hydrogen-bond acceptors (Lipinski definition) is 5. The van der Waals surface area contributed by atoms with Crippen molar-refractivity contribution in [2.45, 2.75) is 20.0 Å². The third kappa shape index (κ3) is 4.28. The van der Waals surface area contributed by atoms with Crippen molar-refractivity contribution >= 4 is 16.7 Å². The second kappa shape index (κ2) is 8.97. The molecule has 6 heteroatoms. The van der Waals surface area contributed by atoms with Gasteiger partial charge in [0.05, 0.1) is 24.9 Å². The third-order valence-corrected chi connectivity index (χ3v) is 5.86. The Kier molecular flexibility index (Phi) is 5.72. The highest BCUT2D eigenvalue weighted by atomic mass is 16.5. The van der Waals surface area contributed by atoms with Gasteiger partial charge in [0, 0.05) is 36.1 Å². The van der Waals surface area contributed by atoms with Gasteiger partial charge in [-0.05, 0) is 66.9 Å². The molecule has 0 aliphatic carbocycles. The van der Waals surface area contributed by atoms with Crippen molar-refractivity contribution in [2.24, 2.45) is 0 Å². The molecule has 33 heavy (non-hydrogen) atoms. The lowest BCUT2D eigenvalue weighted by Gasteiger charge is -2.28. The summed E-state index contributed by atoms with van der Waals surface area (Å²) in [7, 11) is 0. The Morgan fingerprint density at radius 2 is 1.79 bits per heavy atom. The minimum Gasteiger partial charge on any atom is -0.490 e. The van der Waals surface area contributed by atoms with Gasteiger partial charge >= 0.3 is 0 Å². The van der Waals surface area contributed by atoms with Crippen molar-refractivity contribution in [3.63, 3.8) is 0 Å². The zero-order valence-electron chi connectivity index (χ0n) is 18.8. The van der Waals surface area contributed by atoms with E-state index in [4.69, 9.17) is 9.47 Å². The van der Waals surface area contributed by atoms with Crippen LogP contribution in [-0.2, 0) is 4.74 Å². The van der Waals surface area contributed by atoms with Crippen molar-refractivity contribution in [3.8, 4) is 34.2 Å². The van der Waals surface area contributed by atoms with Crippen molar-refractivity contribution < 1.29 is 9.47 Å². The summed E-state index contributed by atoms with van der Waals surface area (Å²) in [5.41, 5.74) is 6.67. The minimum absolute atomic E-state index is 0.0115. The van der Waals surface area contributed by atoms with Gasteiger partial charge in [-0.3, -0.25) is 0 Å². The number of ether oxygens (including phenoxy) is 2. The van der Waals surface area contributed by atoms with Gasteiger partial charge in [-0.25, -0.2) is 4.98 Å². The summed E-state index contributed by atoms with van der Waals surface area (Å²) in [4.78, 5) is 10.3. The van der Waals surface area contributed by atoms with E-state index in [2.05, 4.69) is 51.3 Å². The lowest BCUT2D eigenvalue weighted by atomic mass is 10.0. The molecule has 1 fully saturated rings. The largest absolute Gasteiger partial charge is 0.490 e. The van der Waals surface area contributed by atoms with Gasteiger partial charge in [0.25, 0.3) is 0 Å². The molecule has 3 heterocycles. The van der Waals surface area contributed by atoms with Gasteiger partial charge in [-0.2, -0.15) is 5.26 Å². The third-order valence-electron chi connectivity index (χ3n) is 5.86. The lowest BCUT2D eigenvalue weighted by Crippen LogP contribution is -2.36. The van der Waals surface area contributed by atoms with Crippen LogP contribution in [0.4, 0.5) is 5.69 Å². The number of H-pyrrole nitrogens is 1. The van der Waals surface area contributed by atoms with E-state index < -0.39 is 0 Å². The summed E-state index contributed by atoms with van der Waals surface area (Å²) >= 11 is 0. The van der Waals surface area contributed by atoms with Gasteiger partial charge < -0.3 is 19.4 Å². The van der Waals surface area contributed by atoms with E-state index in [-0.39, 0.29) is 6.10 Å². The van der Waals surface area contributed by atoms with Crippen LogP contribution in [0.1, 0.15) is 19.4 Å². The number of rotatable bonds is 5. The van der Waals surface area contributed by atoms with E-state index in [0.717, 1.165) is 59.7 Å². The summed E-state index contributed by atoms with van der Waals surface area (Å²) < 4.78 is 11.2. The van der Waals surface area contributed by atoms with E-state index in [1.165, 1.54) is 5.69 Å². The van der Waals surface area contributed by atoms with Gasteiger partial charge in [-0.1, -0.05) is 18.2 Å². The fourth-order valence-electron chi connectivity index (χ4n) is 4.25. The molecule has 0 amide bonds. The first kappa shape index (κ1) is 21.0. The molecule has 6 nitrogen and oxygen atoms in total. The van der Waals surface area contributed by atoms with Gasteiger partial charge in [0.2, 0.25) is 0 Å². The summed E-state index contributed by atoms with van der Waals surface area (Å²) in [5, 5.41) is 10.6. The van der Waals surface area contributed by atoms with Crippen LogP contribution >= 0.6 is 0 Å². The van der Waals surface area contributed by atoms with Gasteiger partial charge in [0.1, 0.15) is 17.5 Å². The molecule has 166 valence electrons. The predicted octanol–water partition coefficient (Wildman–Crippen LogP) is 5.39. The number of aromatic nitrogens is 2. The van der Waals surface area contributed by atoms with Crippen molar-refractivity contribution in [2.75, 3.05) is 31.2 Å².